The number of aromatic nitrogens is 3. The zero-order valence-corrected chi connectivity index (χ0v) is 17.9. The van der Waals surface area contributed by atoms with E-state index < -0.39 is 23.4 Å². The molecule has 3 aromatic rings. The first kappa shape index (κ1) is 21.2. The minimum absolute atomic E-state index is 0.266. The van der Waals surface area contributed by atoms with Gasteiger partial charge in [-0.25, -0.2) is 14.5 Å². The molecular formula is C23H24N6O3. The molecule has 1 fully saturated rings. The van der Waals surface area contributed by atoms with Gasteiger partial charge in [-0.1, -0.05) is 54.1 Å². The predicted octanol–water partition coefficient (Wildman–Crippen LogP) is 1.72. The average Bonchev–Trinajstić information content (AvgIpc) is 3.36. The van der Waals surface area contributed by atoms with Gasteiger partial charge < -0.3 is 10.6 Å². The molecular weight excluding hydrogens is 408 g/mol. The van der Waals surface area contributed by atoms with E-state index in [1.54, 1.807) is 17.9 Å². The zero-order chi connectivity index (χ0) is 22.7. The maximum Gasteiger partial charge on any atom is 0.325 e. The Bertz CT molecular complexity index is 1140. The number of carbonyl (C=O) groups is 3. The Kier molecular flexibility index (Phi) is 5.72. The van der Waals surface area contributed by atoms with E-state index in [-0.39, 0.29) is 13.1 Å². The molecule has 1 aliphatic rings. The number of hydrogen-bond acceptors (Lipinski definition) is 5. The quantitative estimate of drug-likeness (QED) is 0.553. The molecule has 9 nitrogen and oxygen atoms in total. The van der Waals surface area contributed by atoms with Crippen molar-refractivity contribution in [1.29, 1.82) is 0 Å². The summed E-state index contributed by atoms with van der Waals surface area (Å²) < 4.78 is 1.69. The molecule has 4 amide bonds. The number of carbonyl (C=O) groups excluding carboxylic acids is 3. The molecule has 1 atom stereocenters. The van der Waals surface area contributed by atoms with Crippen LogP contribution in [0.4, 0.5) is 4.79 Å². The monoisotopic (exact) mass is 432 g/mol. The third-order valence-electron chi connectivity index (χ3n) is 5.60. The van der Waals surface area contributed by atoms with Crippen molar-refractivity contribution in [2.24, 2.45) is 0 Å². The summed E-state index contributed by atoms with van der Waals surface area (Å²) in [5, 5.41) is 9.63. The predicted molar refractivity (Wildman–Crippen MR) is 116 cm³/mol. The van der Waals surface area contributed by atoms with Crippen molar-refractivity contribution >= 4 is 17.8 Å². The molecule has 9 heteroatoms. The van der Waals surface area contributed by atoms with Crippen LogP contribution in [0.15, 0.2) is 61.2 Å². The summed E-state index contributed by atoms with van der Waals surface area (Å²) in [7, 11) is 0. The molecule has 1 aliphatic heterocycles. The van der Waals surface area contributed by atoms with E-state index in [1.807, 2.05) is 55.5 Å². The lowest BCUT2D eigenvalue weighted by Gasteiger charge is -2.22. The summed E-state index contributed by atoms with van der Waals surface area (Å²) in [4.78, 5) is 43.0. The summed E-state index contributed by atoms with van der Waals surface area (Å²) in [5.74, 6) is -0.870. The fourth-order valence-corrected chi connectivity index (χ4v) is 3.69. The van der Waals surface area contributed by atoms with Crippen LogP contribution < -0.4 is 10.6 Å². The molecule has 0 aliphatic carbocycles. The maximum atomic E-state index is 13.0. The standard InChI is InChI=1S/C23H24N6O3/c1-16-7-9-19(10-8-16)23(2)21(31)29(22(32)27-23)13-20(30)25-11-17-5-3-4-6-18(17)12-28-15-24-14-26-28/h3-10,14-15H,11-13H2,1-2H3,(H,25,30)(H,27,32). The molecule has 0 bridgehead atoms. The average molecular weight is 432 g/mol. The first-order valence-electron chi connectivity index (χ1n) is 10.2. The smallest absolute Gasteiger partial charge is 0.325 e. The van der Waals surface area contributed by atoms with Gasteiger partial charge in [-0.2, -0.15) is 5.10 Å². The van der Waals surface area contributed by atoms with Crippen molar-refractivity contribution in [2.45, 2.75) is 32.5 Å². The Balaban J connectivity index is 1.40. The summed E-state index contributed by atoms with van der Waals surface area (Å²) in [6.07, 6.45) is 3.09. The third kappa shape index (κ3) is 4.22. The van der Waals surface area contributed by atoms with E-state index in [4.69, 9.17) is 0 Å². The molecule has 1 saturated heterocycles. The van der Waals surface area contributed by atoms with Crippen LogP contribution in [0.5, 0.6) is 0 Å². The van der Waals surface area contributed by atoms with Gasteiger partial charge in [-0.15, -0.1) is 0 Å². The normalized spacial score (nSPS) is 18.0. The van der Waals surface area contributed by atoms with Gasteiger partial charge in [0.05, 0.1) is 6.54 Å². The minimum Gasteiger partial charge on any atom is -0.350 e. The number of imide groups is 1. The number of hydrogen-bond donors (Lipinski definition) is 2. The molecule has 2 heterocycles. The van der Waals surface area contributed by atoms with Crippen molar-refractivity contribution < 1.29 is 14.4 Å². The van der Waals surface area contributed by atoms with E-state index in [0.29, 0.717) is 12.1 Å². The largest absolute Gasteiger partial charge is 0.350 e. The highest BCUT2D eigenvalue weighted by Crippen LogP contribution is 2.28. The lowest BCUT2D eigenvalue weighted by molar-refractivity contribution is -0.134. The van der Waals surface area contributed by atoms with Crippen LogP contribution in [-0.2, 0) is 28.2 Å². The van der Waals surface area contributed by atoms with Gasteiger partial charge in [0.15, 0.2) is 0 Å². The van der Waals surface area contributed by atoms with Crippen molar-refractivity contribution in [3.8, 4) is 0 Å². The number of urea groups is 1. The second kappa shape index (κ2) is 8.62. The Morgan fingerprint density at radius 1 is 1.09 bits per heavy atom. The van der Waals surface area contributed by atoms with E-state index in [9.17, 15) is 14.4 Å². The topological polar surface area (TPSA) is 109 Å². The van der Waals surface area contributed by atoms with Crippen molar-refractivity contribution in [3.05, 3.63) is 83.4 Å². The maximum absolute atomic E-state index is 13.0. The van der Waals surface area contributed by atoms with Gasteiger partial charge in [0.2, 0.25) is 5.91 Å². The molecule has 1 aromatic heterocycles. The van der Waals surface area contributed by atoms with Crippen LogP contribution >= 0.6 is 0 Å². The van der Waals surface area contributed by atoms with Gasteiger partial charge >= 0.3 is 6.03 Å². The van der Waals surface area contributed by atoms with E-state index >= 15 is 0 Å². The molecule has 4 rings (SSSR count). The highest BCUT2D eigenvalue weighted by molar-refractivity contribution is 6.09. The Hall–Kier alpha value is -4.01. The van der Waals surface area contributed by atoms with Crippen LogP contribution in [0, 0.1) is 6.92 Å². The van der Waals surface area contributed by atoms with Crippen molar-refractivity contribution in [2.75, 3.05) is 6.54 Å². The Morgan fingerprint density at radius 2 is 1.81 bits per heavy atom. The second-order valence-electron chi connectivity index (χ2n) is 7.95. The van der Waals surface area contributed by atoms with Crippen LogP contribution in [0.25, 0.3) is 0 Å². The minimum atomic E-state index is -1.20. The summed E-state index contributed by atoms with van der Waals surface area (Å²) in [6.45, 7) is 4.03. The molecule has 0 radical (unpaired) electrons. The molecule has 0 spiro atoms. The SMILES string of the molecule is Cc1ccc(C2(C)NC(=O)N(CC(=O)NCc3ccccc3Cn3cncn3)C2=O)cc1. The Morgan fingerprint density at radius 3 is 2.50 bits per heavy atom. The number of nitrogens with one attached hydrogen (secondary N) is 2. The van der Waals surface area contributed by atoms with Crippen molar-refractivity contribution in [1.82, 2.24) is 30.3 Å². The van der Waals surface area contributed by atoms with E-state index in [2.05, 4.69) is 20.7 Å². The fraction of sp³-hybridized carbons (Fsp3) is 0.261. The third-order valence-corrected chi connectivity index (χ3v) is 5.60. The number of nitrogens with zero attached hydrogens (tertiary/aromatic N) is 4. The Labute approximate surface area is 185 Å². The van der Waals surface area contributed by atoms with Crippen LogP contribution in [0.2, 0.25) is 0 Å². The first-order chi connectivity index (χ1) is 15.4. The molecule has 1 unspecified atom stereocenters. The molecule has 164 valence electrons. The number of rotatable bonds is 7. The van der Waals surface area contributed by atoms with Crippen LogP contribution in [0.3, 0.4) is 0 Å². The van der Waals surface area contributed by atoms with Crippen LogP contribution in [-0.4, -0.2) is 44.1 Å². The van der Waals surface area contributed by atoms with Crippen LogP contribution in [0.1, 0.15) is 29.2 Å². The summed E-state index contributed by atoms with van der Waals surface area (Å²) >= 11 is 0. The van der Waals surface area contributed by atoms with Gasteiger partial charge in [0, 0.05) is 6.54 Å². The molecule has 32 heavy (non-hydrogen) atoms. The molecule has 2 aromatic carbocycles. The van der Waals surface area contributed by atoms with Gasteiger partial charge in [0.1, 0.15) is 24.7 Å². The summed E-state index contributed by atoms with van der Waals surface area (Å²) in [6, 6.07) is 14.5. The summed E-state index contributed by atoms with van der Waals surface area (Å²) in [5.41, 5.74) is 2.43. The van der Waals surface area contributed by atoms with Gasteiger partial charge in [-0.05, 0) is 30.5 Å². The highest BCUT2D eigenvalue weighted by atomic mass is 16.2. The number of benzene rings is 2. The number of amides is 4. The molecule has 0 saturated carbocycles. The lowest BCUT2D eigenvalue weighted by atomic mass is 9.91. The number of aryl methyl sites for hydroxylation is 1. The van der Waals surface area contributed by atoms with E-state index in [1.165, 1.54) is 6.33 Å². The van der Waals surface area contributed by atoms with E-state index in [0.717, 1.165) is 21.6 Å². The van der Waals surface area contributed by atoms with Gasteiger partial charge in [-0.3, -0.25) is 14.5 Å². The highest BCUT2D eigenvalue weighted by Gasteiger charge is 2.49. The van der Waals surface area contributed by atoms with Crippen molar-refractivity contribution in [3.63, 3.8) is 0 Å². The first-order valence-corrected chi connectivity index (χ1v) is 10.2. The lowest BCUT2D eigenvalue weighted by Crippen LogP contribution is -2.43. The zero-order valence-electron chi connectivity index (χ0n) is 17.9. The molecule has 2 N–H and O–H groups in total. The fourth-order valence-electron chi connectivity index (χ4n) is 3.69. The second-order valence-corrected chi connectivity index (χ2v) is 7.95. The van der Waals surface area contributed by atoms with Gasteiger partial charge in [0.25, 0.3) is 5.91 Å².